The van der Waals surface area contributed by atoms with Gasteiger partial charge in [0.25, 0.3) is 0 Å². The molecule has 374 valence electrons. The van der Waals surface area contributed by atoms with Crippen LogP contribution in [0.25, 0.3) is 0 Å². The standard InChI is InChI=1S/C27H32N2O8.C22H30N2O8/c1-16(2)25(29-23(31)13-19-12-17(3)10-11-22(19)36-4)26(34)28-20(14-24(32)33)21(30)15-37-27(35)18-8-6-5-7-9-18;1-12(2)21(24-19(27)9-15-8-13(3)6-7-18(15)31-5)22(30)23-16(10-20(28)29)17(26)11-32-14(4)25/h5-12,16,20,25H,13-15H2,1-4H3,(H,28,34)(H,29,31)(H,32,33);6-8,12,16,21H,9-11H2,1-5H3,(H,23,30)(H,24,27)(H,28,29)/t20?,25-;16?,21-/m00/s1. The van der Waals surface area contributed by atoms with E-state index in [1.807, 2.05) is 26.0 Å². The number of Topliss-reactive ketones (excluding diaryl/α,β-unsaturated/α-hetero) is 2. The molecule has 6 N–H and O–H groups in total. The maximum Gasteiger partial charge on any atom is 0.338 e. The number of amides is 4. The fraction of sp³-hybridized carbons (Fsp3) is 0.429. The SMILES string of the molecule is COc1ccc(C)cc1CC(=O)N[C@H](C(=O)NC(CC(=O)O)C(=O)COC(=O)c1ccccc1)C(C)C.COc1ccc(C)cc1CC(=O)N[C@H](C(=O)NC(CC(=O)O)C(=O)COC(C)=O)C(C)C. The molecule has 0 aliphatic rings. The minimum Gasteiger partial charge on any atom is -0.496 e. The van der Waals surface area contributed by atoms with Crippen LogP contribution in [0.3, 0.4) is 0 Å². The summed E-state index contributed by atoms with van der Waals surface area (Å²) < 4.78 is 20.2. The molecule has 3 aromatic rings. The Morgan fingerprint density at radius 3 is 1.29 bits per heavy atom. The molecule has 3 aromatic carbocycles. The number of hydrogen-bond donors (Lipinski definition) is 6. The van der Waals surface area contributed by atoms with Crippen molar-refractivity contribution in [2.24, 2.45) is 11.8 Å². The zero-order valence-electron chi connectivity index (χ0n) is 40.2. The molecule has 20 nitrogen and oxygen atoms in total. The molecule has 0 saturated heterocycles. The van der Waals surface area contributed by atoms with Crippen LogP contribution in [0.15, 0.2) is 66.7 Å². The van der Waals surface area contributed by atoms with Crippen LogP contribution in [0, 0.1) is 25.7 Å². The van der Waals surface area contributed by atoms with Crippen LogP contribution < -0.4 is 30.7 Å². The second-order valence-electron chi connectivity index (χ2n) is 16.5. The largest absolute Gasteiger partial charge is 0.496 e. The summed E-state index contributed by atoms with van der Waals surface area (Å²) >= 11 is 0. The minimum atomic E-state index is -1.46. The fourth-order valence-corrected chi connectivity index (χ4v) is 6.49. The number of carbonyl (C=O) groups excluding carboxylic acids is 8. The fourth-order valence-electron chi connectivity index (χ4n) is 6.49. The third-order valence-corrected chi connectivity index (χ3v) is 10.0. The number of benzene rings is 3. The van der Waals surface area contributed by atoms with E-state index in [-0.39, 0.29) is 30.2 Å². The van der Waals surface area contributed by atoms with Crippen LogP contribution >= 0.6 is 0 Å². The number of carbonyl (C=O) groups is 10. The molecule has 20 heteroatoms. The molecule has 0 fully saturated rings. The third-order valence-electron chi connectivity index (χ3n) is 10.0. The molecule has 4 amide bonds. The number of methoxy groups -OCH3 is 2. The first-order valence-electron chi connectivity index (χ1n) is 21.8. The van der Waals surface area contributed by atoms with Gasteiger partial charge in [-0.1, -0.05) is 81.3 Å². The van der Waals surface area contributed by atoms with Gasteiger partial charge in [0.05, 0.1) is 45.5 Å². The molecule has 0 aliphatic carbocycles. The van der Waals surface area contributed by atoms with Crippen molar-refractivity contribution in [2.75, 3.05) is 27.4 Å². The van der Waals surface area contributed by atoms with Gasteiger partial charge < -0.3 is 50.4 Å². The predicted molar refractivity (Wildman–Crippen MR) is 248 cm³/mol. The number of nitrogens with one attached hydrogen (secondary N) is 4. The van der Waals surface area contributed by atoms with Crippen molar-refractivity contribution in [3.8, 4) is 11.5 Å². The molecule has 0 saturated carbocycles. The number of hydrogen-bond acceptors (Lipinski definition) is 14. The lowest BCUT2D eigenvalue weighted by atomic mass is 10.0. The van der Waals surface area contributed by atoms with Gasteiger partial charge in [-0.15, -0.1) is 0 Å². The molecular formula is C49H62N4O16. The number of ketones is 2. The highest BCUT2D eigenvalue weighted by molar-refractivity contribution is 5.98. The Balaban J connectivity index is 0.000000479. The smallest absolute Gasteiger partial charge is 0.338 e. The van der Waals surface area contributed by atoms with E-state index < -0.39 is 109 Å². The van der Waals surface area contributed by atoms with Crippen LogP contribution in [0.2, 0.25) is 0 Å². The van der Waals surface area contributed by atoms with Gasteiger partial charge in [0.1, 0.15) is 35.7 Å². The topological polar surface area (TPSA) is 296 Å². The van der Waals surface area contributed by atoms with Gasteiger partial charge >= 0.3 is 23.9 Å². The first-order chi connectivity index (χ1) is 32.4. The quantitative estimate of drug-likeness (QED) is 0.0666. The van der Waals surface area contributed by atoms with Crippen molar-refractivity contribution in [3.63, 3.8) is 0 Å². The van der Waals surface area contributed by atoms with Gasteiger partial charge in [0, 0.05) is 18.1 Å². The van der Waals surface area contributed by atoms with Crippen LogP contribution in [0.4, 0.5) is 0 Å². The number of carboxylic acid groups (broad SMARTS) is 2. The highest BCUT2D eigenvalue weighted by Gasteiger charge is 2.32. The van der Waals surface area contributed by atoms with Gasteiger partial charge in [-0.2, -0.15) is 0 Å². The number of ether oxygens (including phenoxy) is 4. The monoisotopic (exact) mass is 962 g/mol. The van der Waals surface area contributed by atoms with Crippen LogP contribution in [0.5, 0.6) is 11.5 Å². The molecule has 4 atom stereocenters. The van der Waals surface area contributed by atoms with E-state index in [9.17, 15) is 53.1 Å². The molecule has 0 aliphatic heterocycles. The Kier molecular flexibility index (Phi) is 23.8. The van der Waals surface area contributed by atoms with Crippen molar-refractivity contribution < 1.29 is 77.1 Å². The summed E-state index contributed by atoms with van der Waals surface area (Å²) in [4.78, 5) is 122. The summed E-state index contributed by atoms with van der Waals surface area (Å²) in [5.74, 6) is -7.67. The zero-order chi connectivity index (χ0) is 52.0. The van der Waals surface area contributed by atoms with E-state index in [1.165, 1.54) is 26.4 Å². The molecule has 0 radical (unpaired) electrons. The Labute approximate surface area is 400 Å². The van der Waals surface area contributed by atoms with E-state index in [0.29, 0.717) is 22.6 Å². The van der Waals surface area contributed by atoms with Crippen molar-refractivity contribution in [2.45, 2.75) is 98.3 Å². The lowest BCUT2D eigenvalue weighted by Gasteiger charge is -2.24. The Morgan fingerprint density at radius 1 is 0.551 bits per heavy atom. The summed E-state index contributed by atoms with van der Waals surface area (Å²) in [5.41, 5.74) is 3.39. The maximum absolute atomic E-state index is 13.0. The molecule has 69 heavy (non-hydrogen) atoms. The van der Waals surface area contributed by atoms with E-state index in [1.54, 1.807) is 70.2 Å². The van der Waals surface area contributed by atoms with Gasteiger partial charge in [0.15, 0.2) is 24.8 Å². The first kappa shape index (κ1) is 57.5. The second kappa shape index (κ2) is 28.5. The normalized spacial score (nSPS) is 12.3. The van der Waals surface area contributed by atoms with Crippen LogP contribution in [-0.2, 0) is 65.5 Å². The number of aryl methyl sites for hydroxylation is 2. The van der Waals surface area contributed by atoms with E-state index in [4.69, 9.17) is 19.3 Å². The number of rotatable bonds is 25. The van der Waals surface area contributed by atoms with Crippen molar-refractivity contribution in [1.82, 2.24) is 21.3 Å². The van der Waals surface area contributed by atoms with Crippen LogP contribution in [-0.4, -0.2) is 121 Å². The lowest BCUT2D eigenvalue weighted by Crippen LogP contribution is -2.54. The summed E-state index contributed by atoms with van der Waals surface area (Å²) in [6.07, 6.45) is -1.49. The number of carboxylic acids is 2. The average molecular weight is 963 g/mol. The summed E-state index contributed by atoms with van der Waals surface area (Å²) in [7, 11) is 2.99. The van der Waals surface area contributed by atoms with E-state index >= 15 is 0 Å². The van der Waals surface area contributed by atoms with Crippen molar-refractivity contribution in [1.29, 1.82) is 0 Å². The summed E-state index contributed by atoms with van der Waals surface area (Å²) in [6.45, 7) is 10.3. The average Bonchev–Trinajstić information content (AvgIpc) is 3.27. The zero-order valence-corrected chi connectivity index (χ0v) is 40.2. The number of esters is 2. The molecule has 0 heterocycles. The molecule has 3 rings (SSSR count). The Morgan fingerprint density at radius 2 is 0.942 bits per heavy atom. The Hall–Kier alpha value is -7.64. The molecular weight excluding hydrogens is 901 g/mol. The molecule has 0 bridgehead atoms. The molecule has 0 aromatic heterocycles. The summed E-state index contributed by atoms with van der Waals surface area (Å²) in [5, 5.41) is 28.3. The highest BCUT2D eigenvalue weighted by atomic mass is 16.5. The minimum absolute atomic E-state index is 0.0364. The van der Waals surface area contributed by atoms with E-state index in [2.05, 4.69) is 26.0 Å². The molecule has 2 unspecified atom stereocenters. The maximum atomic E-state index is 13.0. The summed E-state index contributed by atoms with van der Waals surface area (Å²) in [6, 6.07) is 13.9. The molecule has 0 spiro atoms. The van der Waals surface area contributed by atoms with Crippen LogP contribution in [0.1, 0.15) is 80.1 Å². The predicted octanol–water partition coefficient (Wildman–Crippen LogP) is 2.85. The van der Waals surface area contributed by atoms with Crippen molar-refractivity contribution in [3.05, 3.63) is 94.5 Å². The third kappa shape index (κ3) is 20.4. The first-order valence-corrected chi connectivity index (χ1v) is 21.8. The second-order valence-corrected chi connectivity index (χ2v) is 16.5. The number of aliphatic carboxylic acids is 2. The van der Waals surface area contributed by atoms with Gasteiger partial charge in [-0.3, -0.25) is 43.2 Å². The lowest BCUT2D eigenvalue weighted by molar-refractivity contribution is -0.147. The van der Waals surface area contributed by atoms with Gasteiger partial charge in [-0.05, 0) is 49.9 Å². The van der Waals surface area contributed by atoms with Gasteiger partial charge in [0.2, 0.25) is 23.6 Å². The Bertz CT molecular complexity index is 2310. The van der Waals surface area contributed by atoms with Gasteiger partial charge in [-0.25, -0.2) is 4.79 Å². The highest BCUT2D eigenvalue weighted by Crippen LogP contribution is 2.22. The van der Waals surface area contributed by atoms with E-state index in [0.717, 1.165) is 18.1 Å². The van der Waals surface area contributed by atoms with Crippen molar-refractivity contribution >= 4 is 59.1 Å².